The molecule has 0 radical (unpaired) electrons. The monoisotopic (exact) mass is 268 g/mol. The molecule has 88 valence electrons. The molecule has 2 aromatic rings. The first-order valence-electron chi connectivity index (χ1n) is 5.02. The van der Waals surface area contributed by atoms with E-state index in [1.54, 1.807) is 32.0 Å². The van der Waals surface area contributed by atoms with E-state index in [1.807, 2.05) is 0 Å². The van der Waals surface area contributed by atoms with Gasteiger partial charge in [-0.05, 0) is 32.0 Å². The lowest BCUT2D eigenvalue weighted by molar-refractivity contribution is 1.03. The third kappa shape index (κ3) is 2.35. The van der Waals surface area contributed by atoms with Gasteiger partial charge in [-0.1, -0.05) is 23.2 Å². The second kappa shape index (κ2) is 4.51. The third-order valence-electron chi connectivity index (χ3n) is 2.58. The van der Waals surface area contributed by atoms with Gasteiger partial charge < -0.3 is 4.98 Å². The van der Waals surface area contributed by atoms with Crippen LogP contribution in [0.4, 0.5) is 0 Å². The smallest absolute Gasteiger partial charge is 0.254 e. The van der Waals surface area contributed by atoms with Gasteiger partial charge >= 0.3 is 0 Å². The number of aromatic amines is 1. The summed E-state index contributed by atoms with van der Waals surface area (Å²) in [6.07, 6.45) is 0. The number of H-pyrrole nitrogens is 1. The molecule has 0 saturated heterocycles. The van der Waals surface area contributed by atoms with Crippen molar-refractivity contribution in [1.82, 2.24) is 9.97 Å². The first kappa shape index (κ1) is 12.1. The number of nitrogens with one attached hydrogen (secondary N) is 1. The molecule has 1 N–H and O–H groups in total. The van der Waals surface area contributed by atoms with Gasteiger partial charge in [0.2, 0.25) is 0 Å². The van der Waals surface area contributed by atoms with E-state index >= 15 is 0 Å². The Morgan fingerprint density at radius 3 is 2.53 bits per heavy atom. The highest BCUT2D eigenvalue weighted by Gasteiger charge is 2.09. The number of halogens is 2. The predicted octanol–water partition coefficient (Wildman–Crippen LogP) is 3.36. The van der Waals surface area contributed by atoms with Crippen LogP contribution in [-0.2, 0) is 0 Å². The second-order valence-electron chi connectivity index (χ2n) is 3.75. The van der Waals surface area contributed by atoms with Crippen LogP contribution in [0.1, 0.15) is 11.3 Å². The van der Waals surface area contributed by atoms with E-state index in [4.69, 9.17) is 23.2 Å². The van der Waals surface area contributed by atoms with E-state index in [-0.39, 0.29) is 5.56 Å². The first-order valence-corrected chi connectivity index (χ1v) is 5.77. The van der Waals surface area contributed by atoms with Crippen LogP contribution in [0, 0.1) is 13.8 Å². The lowest BCUT2D eigenvalue weighted by Gasteiger charge is -2.06. The maximum Gasteiger partial charge on any atom is 0.254 e. The summed E-state index contributed by atoms with van der Waals surface area (Å²) in [6.45, 7) is 3.52. The number of hydrogen-bond acceptors (Lipinski definition) is 2. The molecule has 0 aliphatic heterocycles. The van der Waals surface area contributed by atoms with Crippen LogP contribution in [0.15, 0.2) is 23.0 Å². The molecule has 1 heterocycles. The summed E-state index contributed by atoms with van der Waals surface area (Å²) in [7, 11) is 0. The van der Waals surface area contributed by atoms with Crippen molar-refractivity contribution in [2.75, 3.05) is 0 Å². The largest absolute Gasteiger partial charge is 0.306 e. The van der Waals surface area contributed by atoms with Gasteiger partial charge in [0.15, 0.2) is 0 Å². The quantitative estimate of drug-likeness (QED) is 0.862. The maximum atomic E-state index is 11.6. The molecule has 0 amide bonds. The number of hydrogen-bond donors (Lipinski definition) is 1. The highest BCUT2D eigenvalue weighted by atomic mass is 35.5. The lowest BCUT2D eigenvalue weighted by atomic mass is 10.2. The Bertz CT molecular complexity index is 635. The van der Waals surface area contributed by atoms with Crippen LogP contribution in [-0.4, -0.2) is 9.97 Å². The Morgan fingerprint density at radius 1 is 1.24 bits per heavy atom. The molecule has 5 heteroatoms. The van der Waals surface area contributed by atoms with Crippen LogP contribution in [0.5, 0.6) is 0 Å². The fourth-order valence-electron chi connectivity index (χ4n) is 1.45. The fourth-order valence-corrected chi connectivity index (χ4v) is 1.95. The first-order chi connectivity index (χ1) is 7.99. The minimum Gasteiger partial charge on any atom is -0.306 e. The van der Waals surface area contributed by atoms with E-state index in [2.05, 4.69) is 9.97 Å². The standard InChI is InChI=1S/C12H10Cl2N2O/c1-6-7(2)15-11(16-12(6)17)9-4-3-8(13)5-10(9)14/h3-5H,1-2H3,(H,15,16,17). The van der Waals surface area contributed by atoms with Crippen LogP contribution in [0.25, 0.3) is 11.4 Å². The van der Waals surface area contributed by atoms with Crippen molar-refractivity contribution in [2.24, 2.45) is 0 Å². The molecule has 0 spiro atoms. The lowest BCUT2D eigenvalue weighted by Crippen LogP contribution is -2.14. The number of rotatable bonds is 1. The number of aromatic nitrogens is 2. The zero-order valence-electron chi connectivity index (χ0n) is 9.34. The zero-order valence-corrected chi connectivity index (χ0v) is 10.9. The molecule has 0 aliphatic rings. The van der Waals surface area contributed by atoms with E-state index in [9.17, 15) is 4.79 Å². The van der Waals surface area contributed by atoms with Crippen molar-refractivity contribution in [3.8, 4) is 11.4 Å². The molecular weight excluding hydrogens is 259 g/mol. The van der Waals surface area contributed by atoms with E-state index in [0.29, 0.717) is 32.7 Å². The van der Waals surface area contributed by atoms with E-state index in [1.165, 1.54) is 0 Å². The predicted molar refractivity (Wildman–Crippen MR) is 69.8 cm³/mol. The third-order valence-corrected chi connectivity index (χ3v) is 3.13. The summed E-state index contributed by atoms with van der Waals surface area (Å²) in [5, 5.41) is 1.01. The summed E-state index contributed by atoms with van der Waals surface area (Å²) < 4.78 is 0. The molecular formula is C12H10Cl2N2O. The van der Waals surface area contributed by atoms with Crippen molar-refractivity contribution in [3.63, 3.8) is 0 Å². The van der Waals surface area contributed by atoms with Crippen molar-refractivity contribution < 1.29 is 0 Å². The molecule has 0 unspecified atom stereocenters. The van der Waals surface area contributed by atoms with Gasteiger partial charge in [-0.2, -0.15) is 0 Å². The maximum absolute atomic E-state index is 11.6. The summed E-state index contributed by atoms with van der Waals surface area (Å²) in [4.78, 5) is 18.7. The molecule has 0 bridgehead atoms. The highest BCUT2D eigenvalue weighted by molar-refractivity contribution is 6.36. The van der Waals surface area contributed by atoms with Crippen LogP contribution in [0.3, 0.4) is 0 Å². The Labute approximate surface area is 108 Å². The molecule has 3 nitrogen and oxygen atoms in total. The Morgan fingerprint density at radius 2 is 1.94 bits per heavy atom. The Kier molecular flexibility index (Phi) is 3.22. The number of benzene rings is 1. The zero-order chi connectivity index (χ0) is 12.6. The molecule has 1 aromatic carbocycles. The molecule has 0 saturated carbocycles. The van der Waals surface area contributed by atoms with Crippen molar-refractivity contribution >= 4 is 23.2 Å². The van der Waals surface area contributed by atoms with Crippen molar-refractivity contribution in [3.05, 3.63) is 49.9 Å². The van der Waals surface area contributed by atoms with Gasteiger partial charge in [-0.25, -0.2) is 4.98 Å². The normalized spacial score (nSPS) is 10.6. The second-order valence-corrected chi connectivity index (χ2v) is 4.59. The minimum atomic E-state index is -0.154. The van der Waals surface area contributed by atoms with E-state index in [0.717, 1.165) is 0 Å². The average Bonchev–Trinajstić information content (AvgIpc) is 2.25. The SMILES string of the molecule is Cc1nc(-c2ccc(Cl)cc2Cl)[nH]c(=O)c1C. The van der Waals surface area contributed by atoms with Crippen molar-refractivity contribution in [1.29, 1.82) is 0 Å². The minimum absolute atomic E-state index is 0.154. The fraction of sp³-hybridized carbons (Fsp3) is 0.167. The topological polar surface area (TPSA) is 45.8 Å². The van der Waals surface area contributed by atoms with Gasteiger partial charge in [-0.15, -0.1) is 0 Å². The molecule has 1 aromatic heterocycles. The number of nitrogens with zero attached hydrogens (tertiary/aromatic N) is 1. The molecule has 17 heavy (non-hydrogen) atoms. The van der Waals surface area contributed by atoms with Gasteiger partial charge in [0.25, 0.3) is 5.56 Å². The van der Waals surface area contributed by atoms with Crippen LogP contribution in [0.2, 0.25) is 10.0 Å². The van der Waals surface area contributed by atoms with Crippen LogP contribution < -0.4 is 5.56 Å². The molecule has 0 aliphatic carbocycles. The van der Waals surface area contributed by atoms with Gasteiger partial charge in [0.05, 0.1) is 5.02 Å². The average molecular weight is 269 g/mol. The summed E-state index contributed by atoms with van der Waals surface area (Å²) in [5.74, 6) is 0.458. The van der Waals surface area contributed by atoms with Gasteiger partial charge in [-0.3, -0.25) is 4.79 Å². The Balaban J connectivity index is 2.65. The van der Waals surface area contributed by atoms with Gasteiger partial charge in [0.1, 0.15) is 5.82 Å². The van der Waals surface area contributed by atoms with Crippen LogP contribution >= 0.6 is 23.2 Å². The van der Waals surface area contributed by atoms with E-state index < -0.39 is 0 Å². The number of aryl methyl sites for hydroxylation is 1. The van der Waals surface area contributed by atoms with Gasteiger partial charge in [0, 0.05) is 21.8 Å². The molecule has 0 fully saturated rings. The molecule has 2 rings (SSSR count). The summed E-state index contributed by atoms with van der Waals surface area (Å²) in [5.41, 5.74) is 1.81. The van der Waals surface area contributed by atoms with Crippen molar-refractivity contribution in [2.45, 2.75) is 13.8 Å². The summed E-state index contributed by atoms with van der Waals surface area (Å²) >= 11 is 11.9. The molecule has 0 atom stereocenters. The summed E-state index contributed by atoms with van der Waals surface area (Å²) in [6, 6.07) is 5.06. The highest BCUT2D eigenvalue weighted by Crippen LogP contribution is 2.27. The Hall–Kier alpha value is -1.32.